The Bertz CT molecular complexity index is 591. The number of hydrogen-bond donors (Lipinski definition) is 3. The highest BCUT2D eigenvalue weighted by Crippen LogP contribution is 2.20. The van der Waals surface area contributed by atoms with Gasteiger partial charge >= 0.3 is 6.18 Å². The molecule has 1 unspecified atom stereocenters. The van der Waals surface area contributed by atoms with Gasteiger partial charge in [0.1, 0.15) is 0 Å². The average molecular weight is 348 g/mol. The molecular formula is C15H20F4N4O. The molecule has 0 saturated carbocycles. The van der Waals surface area contributed by atoms with Crippen molar-refractivity contribution in [1.29, 1.82) is 0 Å². The van der Waals surface area contributed by atoms with Crippen LogP contribution in [-0.2, 0) is 6.54 Å². The van der Waals surface area contributed by atoms with Gasteiger partial charge in [0.15, 0.2) is 17.5 Å². The number of benzene rings is 1. The van der Waals surface area contributed by atoms with Crippen LogP contribution in [0.1, 0.15) is 12.0 Å². The molecule has 0 aromatic heterocycles. The van der Waals surface area contributed by atoms with Gasteiger partial charge in [-0.15, -0.1) is 0 Å². The van der Waals surface area contributed by atoms with Crippen LogP contribution in [0.4, 0.5) is 17.6 Å². The summed E-state index contributed by atoms with van der Waals surface area (Å²) in [6, 6.07) is 3.90. The van der Waals surface area contributed by atoms with Crippen LogP contribution < -0.4 is 10.6 Å². The first kappa shape index (κ1) is 18.3. The number of phenolic OH excluding ortho intramolecular Hbond substituents is 1. The fourth-order valence-electron chi connectivity index (χ4n) is 2.58. The molecule has 1 fully saturated rings. The normalized spacial score (nSPS) is 19.5. The van der Waals surface area contributed by atoms with E-state index in [2.05, 4.69) is 15.6 Å². The van der Waals surface area contributed by atoms with E-state index in [-0.39, 0.29) is 19.1 Å². The van der Waals surface area contributed by atoms with Crippen molar-refractivity contribution in [1.82, 2.24) is 15.5 Å². The van der Waals surface area contributed by atoms with E-state index in [4.69, 9.17) is 5.11 Å². The summed E-state index contributed by atoms with van der Waals surface area (Å²) >= 11 is 0. The summed E-state index contributed by atoms with van der Waals surface area (Å²) in [5.41, 5.74) is 0.610. The Balaban J connectivity index is 1.81. The summed E-state index contributed by atoms with van der Waals surface area (Å²) in [5.74, 6) is -0.699. The number of aromatic hydroxyl groups is 1. The molecule has 0 radical (unpaired) electrons. The van der Waals surface area contributed by atoms with E-state index in [9.17, 15) is 17.6 Å². The van der Waals surface area contributed by atoms with Crippen molar-refractivity contribution < 1.29 is 22.7 Å². The maximum atomic E-state index is 13.3. The predicted octanol–water partition coefficient (Wildman–Crippen LogP) is 1.83. The molecule has 1 aliphatic heterocycles. The second-order valence-electron chi connectivity index (χ2n) is 5.69. The van der Waals surface area contributed by atoms with Crippen molar-refractivity contribution in [3.8, 4) is 5.75 Å². The average Bonchev–Trinajstić information content (AvgIpc) is 2.91. The summed E-state index contributed by atoms with van der Waals surface area (Å²) in [7, 11) is 1.55. The Hall–Kier alpha value is -2.03. The standard InChI is InChI=1S/C15H20F4N4O/c1-20-14(21-7-10-2-3-13(24)12(16)6-10)22-11-4-5-23(8-11)9-15(17,18)19/h2-3,6,11,24H,4-5,7-9H2,1H3,(H2,20,21,22). The van der Waals surface area contributed by atoms with Gasteiger partial charge in [-0.3, -0.25) is 9.89 Å². The molecule has 0 bridgehead atoms. The predicted molar refractivity (Wildman–Crippen MR) is 82.3 cm³/mol. The minimum atomic E-state index is -4.20. The van der Waals surface area contributed by atoms with Gasteiger partial charge in [-0.2, -0.15) is 13.2 Å². The summed E-state index contributed by atoms with van der Waals surface area (Å²) < 4.78 is 50.4. The number of aliphatic imine (C=N–C) groups is 1. The molecule has 5 nitrogen and oxygen atoms in total. The topological polar surface area (TPSA) is 59.9 Å². The fourth-order valence-corrected chi connectivity index (χ4v) is 2.58. The number of phenols is 1. The molecule has 0 spiro atoms. The summed E-state index contributed by atoms with van der Waals surface area (Å²) in [4.78, 5) is 5.36. The maximum absolute atomic E-state index is 13.3. The van der Waals surface area contributed by atoms with Crippen molar-refractivity contribution in [2.24, 2.45) is 4.99 Å². The summed E-state index contributed by atoms with van der Waals surface area (Å²) in [6.07, 6.45) is -3.61. The van der Waals surface area contributed by atoms with Gasteiger partial charge in [0.25, 0.3) is 0 Å². The van der Waals surface area contributed by atoms with E-state index >= 15 is 0 Å². The van der Waals surface area contributed by atoms with E-state index in [1.165, 1.54) is 17.0 Å². The number of nitrogens with zero attached hydrogens (tertiary/aromatic N) is 2. The number of hydrogen-bond acceptors (Lipinski definition) is 3. The lowest BCUT2D eigenvalue weighted by molar-refractivity contribution is -0.143. The van der Waals surface area contributed by atoms with Crippen LogP contribution in [0, 0.1) is 5.82 Å². The third-order valence-electron chi connectivity index (χ3n) is 3.71. The highest BCUT2D eigenvalue weighted by Gasteiger charge is 2.34. The number of likely N-dealkylation sites (tertiary alicyclic amines) is 1. The van der Waals surface area contributed by atoms with Crippen LogP contribution in [0.5, 0.6) is 5.75 Å². The van der Waals surface area contributed by atoms with E-state index in [1.54, 1.807) is 13.1 Å². The SMILES string of the molecule is CN=C(NCc1ccc(O)c(F)c1)NC1CCN(CC(F)(F)F)C1. The zero-order valence-corrected chi connectivity index (χ0v) is 13.2. The minimum Gasteiger partial charge on any atom is -0.505 e. The summed E-state index contributed by atoms with van der Waals surface area (Å²) in [6.45, 7) is 0.0191. The third kappa shape index (κ3) is 5.55. The Labute approximate surface area is 137 Å². The molecule has 9 heteroatoms. The Morgan fingerprint density at radius 3 is 2.79 bits per heavy atom. The summed E-state index contributed by atoms with van der Waals surface area (Å²) in [5, 5.41) is 15.2. The smallest absolute Gasteiger partial charge is 0.401 e. The molecule has 1 heterocycles. The zero-order chi connectivity index (χ0) is 17.7. The van der Waals surface area contributed by atoms with E-state index in [0.29, 0.717) is 24.5 Å². The Morgan fingerprint density at radius 2 is 2.17 bits per heavy atom. The number of alkyl halides is 3. The molecule has 1 aromatic rings. The second kappa shape index (κ2) is 7.69. The second-order valence-corrected chi connectivity index (χ2v) is 5.69. The number of halogens is 4. The van der Waals surface area contributed by atoms with Crippen LogP contribution in [0.25, 0.3) is 0 Å². The Morgan fingerprint density at radius 1 is 1.42 bits per heavy atom. The largest absolute Gasteiger partial charge is 0.505 e. The van der Waals surface area contributed by atoms with Crippen molar-refractivity contribution in [2.45, 2.75) is 25.2 Å². The molecule has 0 aliphatic carbocycles. The molecule has 0 amide bonds. The van der Waals surface area contributed by atoms with Crippen LogP contribution in [0.3, 0.4) is 0 Å². The van der Waals surface area contributed by atoms with Gasteiger partial charge in [0, 0.05) is 32.7 Å². The minimum absolute atomic E-state index is 0.130. The molecule has 24 heavy (non-hydrogen) atoms. The van der Waals surface area contributed by atoms with Gasteiger partial charge in [0.05, 0.1) is 6.54 Å². The van der Waals surface area contributed by atoms with Gasteiger partial charge in [0.2, 0.25) is 0 Å². The number of guanidine groups is 1. The Kier molecular flexibility index (Phi) is 5.87. The maximum Gasteiger partial charge on any atom is 0.401 e. The number of rotatable bonds is 4. The van der Waals surface area contributed by atoms with Crippen molar-refractivity contribution in [3.63, 3.8) is 0 Å². The lowest BCUT2D eigenvalue weighted by atomic mass is 10.2. The molecular weight excluding hydrogens is 328 g/mol. The van der Waals surface area contributed by atoms with E-state index in [1.807, 2.05) is 0 Å². The van der Waals surface area contributed by atoms with Gasteiger partial charge in [-0.25, -0.2) is 4.39 Å². The molecule has 2 rings (SSSR count). The van der Waals surface area contributed by atoms with Gasteiger partial charge < -0.3 is 15.7 Å². The lowest BCUT2D eigenvalue weighted by Gasteiger charge is -2.19. The van der Waals surface area contributed by atoms with Crippen molar-refractivity contribution >= 4 is 5.96 Å². The molecule has 1 atom stereocenters. The monoisotopic (exact) mass is 348 g/mol. The first-order valence-corrected chi connectivity index (χ1v) is 7.50. The quantitative estimate of drug-likeness (QED) is 0.441. The lowest BCUT2D eigenvalue weighted by Crippen LogP contribution is -2.44. The van der Waals surface area contributed by atoms with Gasteiger partial charge in [-0.05, 0) is 24.1 Å². The van der Waals surface area contributed by atoms with Crippen LogP contribution in [0.2, 0.25) is 0 Å². The van der Waals surface area contributed by atoms with E-state index in [0.717, 1.165) is 0 Å². The molecule has 134 valence electrons. The molecule has 1 saturated heterocycles. The molecule has 3 N–H and O–H groups in total. The highest BCUT2D eigenvalue weighted by atomic mass is 19.4. The number of nitrogens with one attached hydrogen (secondary N) is 2. The van der Waals surface area contributed by atoms with Crippen LogP contribution in [-0.4, -0.2) is 54.9 Å². The van der Waals surface area contributed by atoms with Gasteiger partial charge in [-0.1, -0.05) is 6.07 Å². The van der Waals surface area contributed by atoms with Crippen molar-refractivity contribution in [2.75, 3.05) is 26.7 Å². The first-order valence-electron chi connectivity index (χ1n) is 7.50. The third-order valence-corrected chi connectivity index (χ3v) is 3.71. The van der Waals surface area contributed by atoms with Crippen molar-refractivity contribution in [3.05, 3.63) is 29.6 Å². The molecule has 1 aromatic carbocycles. The molecule has 1 aliphatic rings. The first-order chi connectivity index (χ1) is 11.3. The fraction of sp³-hybridized carbons (Fsp3) is 0.533. The van der Waals surface area contributed by atoms with Crippen LogP contribution >= 0.6 is 0 Å². The van der Waals surface area contributed by atoms with E-state index < -0.39 is 24.3 Å². The zero-order valence-electron chi connectivity index (χ0n) is 13.2. The van der Waals surface area contributed by atoms with Crippen LogP contribution in [0.15, 0.2) is 23.2 Å². The highest BCUT2D eigenvalue weighted by molar-refractivity contribution is 5.80.